The number of amides is 1. The van der Waals surface area contributed by atoms with Gasteiger partial charge in [-0.2, -0.15) is 5.26 Å². The molecule has 4 nitrogen and oxygen atoms in total. The Hall–Kier alpha value is -3.88. The van der Waals surface area contributed by atoms with Gasteiger partial charge in [-0.15, -0.1) is 11.8 Å². The molecule has 0 aliphatic rings. The van der Waals surface area contributed by atoms with E-state index in [9.17, 15) is 10.1 Å². The molecule has 0 radical (unpaired) electrons. The molecule has 0 aliphatic carbocycles. The number of para-hydroxylation sites is 1. The molecular formula is C31H29N3OS. The Bertz CT molecular complexity index is 1410. The van der Waals surface area contributed by atoms with Crippen molar-refractivity contribution in [2.75, 3.05) is 11.1 Å². The van der Waals surface area contributed by atoms with Crippen molar-refractivity contribution in [2.45, 2.75) is 38.6 Å². The Morgan fingerprint density at radius 2 is 1.72 bits per heavy atom. The lowest BCUT2D eigenvalue weighted by atomic mass is 9.98. The first-order chi connectivity index (χ1) is 17.5. The van der Waals surface area contributed by atoms with Gasteiger partial charge in [-0.25, -0.2) is 4.98 Å². The Balaban J connectivity index is 1.60. The van der Waals surface area contributed by atoms with Gasteiger partial charge in [-0.3, -0.25) is 4.79 Å². The number of anilines is 1. The third-order valence-electron chi connectivity index (χ3n) is 6.10. The molecule has 4 aromatic rings. The number of thioether (sulfide) groups is 1. The number of carbonyl (C=O) groups excluding carboxylic acids is 1. The normalized spacial score (nSPS) is 10.6. The Morgan fingerprint density at radius 1 is 0.972 bits per heavy atom. The molecule has 0 aliphatic heterocycles. The summed E-state index contributed by atoms with van der Waals surface area (Å²) in [6.45, 7) is 6.14. The average Bonchev–Trinajstić information content (AvgIpc) is 2.90. The van der Waals surface area contributed by atoms with Crippen molar-refractivity contribution in [1.82, 2.24) is 4.98 Å². The largest absolute Gasteiger partial charge is 0.326 e. The third-order valence-corrected chi connectivity index (χ3v) is 7.08. The van der Waals surface area contributed by atoms with Crippen LogP contribution >= 0.6 is 11.8 Å². The summed E-state index contributed by atoms with van der Waals surface area (Å²) in [5, 5.41) is 13.8. The van der Waals surface area contributed by atoms with E-state index < -0.39 is 0 Å². The summed E-state index contributed by atoms with van der Waals surface area (Å²) in [7, 11) is 0. The highest BCUT2D eigenvalue weighted by atomic mass is 32.2. The van der Waals surface area contributed by atoms with Crippen molar-refractivity contribution in [3.8, 4) is 28.5 Å². The summed E-state index contributed by atoms with van der Waals surface area (Å²) in [5.74, 6) is 0.481. The molecule has 180 valence electrons. The predicted octanol–water partition coefficient (Wildman–Crippen LogP) is 7.59. The Kier molecular flexibility index (Phi) is 8.20. The highest BCUT2D eigenvalue weighted by molar-refractivity contribution is 7.99. The number of benzene rings is 3. The molecule has 0 spiro atoms. The van der Waals surface area contributed by atoms with Gasteiger partial charge in [-0.1, -0.05) is 85.3 Å². The van der Waals surface area contributed by atoms with Crippen LogP contribution in [0, 0.1) is 25.2 Å². The minimum Gasteiger partial charge on any atom is -0.326 e. The molecule has 0 atom stereocenters. The molecule has 1 aromatic heterocycles. The Morgan fingerprint density at radius 3 is 2.42 bits per heavy atom. The third kappa shape index (κ3) is 5.84. The maximum atomic E-state index is 12.8. The molecule has 0 fully saturated rings. The number of rotatable bonds is 8. The molecule has 0 unspecified atom stereocenters. The molecule has 3 aromatic carbocycles. The van der Waals surface area contributed by atoms with E-state index in [4.69, 9.17) is 4.98 Å². The van der Waals surface area contributed by atoms with E-state index in [0.29, 0.717) is 22.8 Å². The quantitative estimate of drug-likeness (QED) is 0.258. The van der Waals surface area contributed by atoms with E-state index >= 15 is 0 Å². The van der Waals surface area contributed by atoms with Crippen LogP contribution in [0.15, 0.2) is 83.9 Å². The van der Waals surface area contributed by atoms with Crippen molar-refractivity contribution >= 4 is 23.4 Å². The highest BCUT2D eigenvalue weighted by Gasteiger charge is 2.17. The number of pyridine rings is 1. The molecule has 0 saturated carbocycles. The highest BCUT2D eigenvalue weighted by Crippen LogP contribution is 2.34. The standard InChI is InChI=1S/C31H29N3OS/c1-4-23-12-8-9-22(3)30(23)34-29(35)17-18-36-31-27(20-32)26(24-15-13-21(2)14-16-24)19-28(33-31)25-10-6-5-7-11-25/h5-16,19H,4,17-18H2,1-3H3,(H,34,35). The first-order valence-corrected chi connectivity index (χ1v) is 13.1. The summed E-state index contributed by atoms with van der Waals surface area (Å²) in [6.07, 6.45) is 1.18. The minimum absolute atomic E-state index is 0.0389. The second-order valence-electron chi connectivity index (χ2n) is 8.69. The number of carbonyl (C=O) groups is 1. The van der Waals surface area contributed by atoms with Gasteiger partial charge in [0, 0.05) is 29.0 Å². The molecule has 1 N–H and O–H groups in total. The predicted molar refractivity (Wildman–Crippen MR) is 149 cm³/mol. The van der Waals surface area contributed by atoms with Crippen LogP contribution in [0.25, 0.3) is 22.4 Å². The lowest BCUT2D eigenvalue weighted by molar-refractivity contribution is -0.115. The van der Waals surface area contributed by atoms with Crippen molar-refractivity contribution < 1.29 is 4.79 Å². The van der Waals surface area contributed by atoms with Gasteiger partial charge in [-0.05, 0) is 43.0 Å². The number of hydrogen-bond donors (Lipinski definition) is 1. The van der Waals surface area contributed by atoms with E-state index in [1.165, 1.54) is 11.8 Å². The number of nitrogens with zero attached hydrogens (tertiary/aromatic N) is 2. The van der Waals surface area contributed by atoms with E-state index in [1.807, 2.05) is 92.7 Å². The number of aromatic nitrogens is 1. The SMILES string of the molecule is CCc1cccc(C)c1NC(=O)CCSc1nc(-c2ccccc2)cc(-c2ccc(C)cc2)c1C#N. The van der Waals surface area contributed by atoms with Gasteiger partial charge in [0.05, 0.1) is 11.3 Å². The first kappa shape index (κ1) is 25.2. The number of nitrogens with one attached hydrogen (secondary N) is 1. The molecule has 1 amide bonds. The van der Waals surface area contributed by atoms with Gasteiger partial charge >= 0.3 is 0 Å². The van der Waals surface area contributed by atoms with Gasteiger partial charge in [0.2, 0.25) is 5.91 Å². The zero-order valence-corrected chi connectivity index (χ0v) is 21.7. The first-order valence-electron chi connectivity index (χ1n) is 12.1. The molecule has 4 rings (SSSR count). The van der Waals surface area contributed by atoms with Gasteiger partial charge in [0.25, 0.3) is 0 Å². The summed E-state index contributed by atoms with van der Waals surface area (Å²) in [4.78, 5) is 17.6. The monoisotopic (exact) mass is 491 g/mol. The van der Waals surface area contributed by atoms with Gasteiger partial charge in [0.15, 0.2) is 0 Å². The fourth-order valence-electron chi connectivity index (χ4n) is 4.10. The van der Waals surface area contributed by atoms with Crippen molar-refractivity contribution in [3.05, 3.63) is 101 Å². The lowest BCUT2D eigenvalue weighted by Crippen LogP contribution is -2.14. The maximum Gasteiger partial charge on any atom is 0.225 e. The topological polar surface area (TPSA) is 65.8 Å². The number of nitriles is 1. The summed E-state index contributed by atoms with van der Waals surface area (Å²) < 4.78 is 0. The van der Waals surface area contributed by atoms with Crippen LogP contribution in [0.3, 0.4) is 0 Å². The van der Waals surface area contributed by atoms with Crippen LogP contribution in [0.4, 0.5) is 5.69 Å². The summed E-state index contributed by atoms with van der Waals surface area (Å²) in [6, 6.07) is 28.6. The second-order valence-corrected chi connectivity index (χ2v) is 9.77. The molecule has 5 heteroatoms. The number of aryl methyl sites for hydroxylation is 3. The van der Waals surface area contributed by atoms with Gasteiger partial charge < -0.3 is 5.32 Å². The number of hydrogen-bond acceptors (Lipinski definition) is 4. The van der Waals surface area contributed by atoms with Crippen LogP contribution in [0.5, 0.6) is 0 Å². The smallest absolute Gasteiger partial charge is 0.225 e. The van der Waals surface area contributed by atoms with E-state index in [2.05, 4.69) is 18.3 Å². The summed E-state index contributed by atoms with van der Waals surface area (Å²) in [5.41, 5.74) is 8.41. The van der Waals surface area contributed by atoms with Crippen LogP contribution < -0.4 is 5.32 Å². The van der Waals surface area contributed by atoms with Gasteiger partial charge in [0.1, 0.15) is 11.1 Å². The van der Waals surface area contributed by atoms with Crippen LogP contribution in [0.1, 0.15) is 35.6 Å². The fourth-order valence-corrected chi connectivity index (χ4v) is 5.04. The Labute approximate surface area is 217 Å². The van der Waals surface area contributed by atoms with Crippen LogP contribution in [-0.2, 0) is 11.2 Å². The van der Waals surface area contributed by atoms with Crippen LogP contribution in [-0.4, -0.2) is 16.6 Å². The zero-order chi connectivity index (χ0) is 25.5. The average molecular weight is 492 g/mol. The lowest BCUT2D eigenvalue weighted by Gasteiger charge is -2.14. The maximum absolute atomic E-state index is 12.8. The molecule has 1 heterocycles. The van der Waals surface area contributed by atoms with E-state index in [0.717, 1.165) is 51.2 Å². The molecule has 0 bridgehead atoms. The van der Waals surface area contributed by atoms with Crippen molar-refractivity contribution in [2.24, 2.45) is 0 Å². The molecule has 36 heavy (non-hydrogen) atoms. The van der Waals surface area contributed by atoms with Crippen molar-refractivity contribution in [3.63, 3.8) is 0 Å². The van der Waals surface area contributed by atoms with Crippen molar-refractivity contribution in [1.29, 1.82) is 5.26 Å². The van der Waals surface area contributed by atoms with Crippen LogP contribution in [0.2, 0.25) is 0 Å². The zero-order valence-electron chi connectivity index (χ0n) is 20.8. The molecular weight excluding hydrogens is 462 g/mol. The summed E-state index contributed by atoms with van der Waals surface area (Å²) >= 11 is 1.45. The minimum atomic E-state index is -0.0389. The fraction of sp³-hybridized carbons (Fsp3) is 0.194. The van der Waals surface area contributed by atoms with E-state index in [-0.39, 0.29) is 5.91 Å². The second kappa shape index (κ2) is 11.7. The van der Waals surface area contributed by atoms with E-state index in [1.54, 1.807) is 0 Å². The molecule has 0 saturated heterocycles.